The predicted octanol–water partition coefficient (Wildman–Crippen LogP) is 5.93. The van der Waals surface area contributed by atoms with Crippen LogP contribution in [0.1, 0.15) is 75.9 Å². The van der Waals surface area contributed by atoms with Crippen LogP contribution in [0.2, 0.25) is 0 Å². The maximum absolute atomic E-state index is 13.3. The molecular formula is C26H30F3N3O2. The van der Waals surface area contributed by atoms with Crippen LogP contribution in [0.15, 0.2) is 42.5 Å². The Labute approximate surface area is 197 Å². The van der Waals surface area contributed by atoms with Crippen LogP contribution in [0.25, 0.3) is 11.2 Å². The molecule has 1 aromatic carbocycles. The van der Waals surface area contributed by atoms with Gasteiger partial charge in [0.05, 0.1) is 5.60 Å². The molecule has 1 atom stereocenters. The van der Waals surface area contributed by atoms with Gasteiger partial charge in [-0.25, -0.2) is 9.97 Å². The molecule has 1 unspecified atom stereocenters. The molecule has 5 nitrogen and oxygen atoms in total. The summed E-state index contributed by atoms with van der Waals surface area (Å²) in [6, 6.07) is 11.5. The first-order chi connectivity index (χ1) is 16.0. The smallest absolute Gasteiger partial charge is 0.385 e. The molecule has 0 amide bonds. The Kier molecular flexibility index (Phi) is 6.55. The van der Waals surface area contributed by atoms with Gasteiger partial charge in [0.2, 0.25) is 0 Å². The zero-order valence-corrected chi connectivity index (χ0v) is 19.5. The number of fused-ring (bicyclic) bond motifs is 1. The number of unbranched alkanes of at least 4 members (excludes halogenated alkanes) is 1. The molecule has 8 heteroatoms. The van der Waals surface area contributed by atoms with Gasteiger partial charge in [-0.15, -0.1) is 0 Å². The number of aromatic nitrogens is 3. The van der Waals surface area contributed by atoms with Crippen molar-refractivity contribution in [2.45, 2.75) is 82.5 Å². The SMILES string of the molecule is CC(O)(CC(=O)CCCCc1nc2ccc(C(F)(F)F)nc2n1C1(C)CCC1)c1ccccc1. The summed E-state index contributed by atoms with van der Waals surface area (Å²) in [5, 5.41) is 10.7. The van der Waals surface area contributed by atoms with E-state index in [4.69, 9.17) is 0 Å². The van der Waals surface area contributed by atoms with E-state index in [1.807, 2.05) is 29.7 Å². The molecular weight excluding hydrogens is 443 g/mol. The fraction of sp³-hybridized carbons (Fsp3) is 0.500. The molecule has 1 saturated carbocycles. The minimum absolute atomic E-state index is 0.0233. The van der Waals surface area contributed by atoms with Gasteiger partial charge in [0, 0.05) is 24.8 Å². The molecule has 1 fully saturated rings. The second-order valence-electron chi connectivity index (χ2n) is 9.81. The Morgan fingerprint density at radius 3 is 2.41 bits per heavy atom. The Bertz CT molecular complexity index is 1170. The number of Topliss-reactive ketones (excluding diaryl/α,β-unsaturated/α-hetero) is 1. The summed E-state index contributed by atoms with van der Waals surface area (Å²) in [5.41, 5.74) is -0.963. The number of alkyl halides is 3. The summed E-state index contributed by atoms with van der Waals surface area (Å²) in [6.45, 7) is 3.68. The normalized spacial score (nSPS) is 17.4. The van der Waals surface area contributed by atoms with Crippen molar-refractivity contribution in [3.05, 3.63) is 59.5 Å². The number of aliphatic hydroxyl groups is 1. The van der Waals surface area contributed by atoms with Crippen LogP contribution in [-0.2, 0) is 28.5 Å². The molecule has 0 saturated heterocycles. The van der Waals surface area contributed by atoms with Gasteiger partial charge >= 0.3 is 6.18 Å². The summed E-state index contributed by atoms with van der Waals surface area (Å²) in [6.07, 6.45) is 0.461. The van der Waals surface area contributed by atoms with Gasteiger partial charge in [-0.1, -0.05) is 30.3 Å². The number of hydrogen-bond donors (Lipinski definition) is 1. The van der Waals surface area contributed by atoms with Crippen LogP contribution in [0.5, 0.6) is 0 Å². The number of nitrogens with zero attached hydrogens (tertiary/aromatic N) is 3. The summed E-state index contributed by atoms with van der Waals surface area (Å²) < 4.78 is 41.7. The molecule has 2 heterocycles. The minimum Gasteiger partial charge on any atom is -0.385 e. The van der Waals surface area contributed by atoms with E-state index in [0.29, 0.717) is 42.6 Å². The highest BCUT2D eigenvalue weighted by molar-refractivity contribution is 5.79. The van der Waals surface area contributed by atoms with Gasteiger partial charge in [0.25, 0.3) is 0 Å². The standard InChI is InChI=1S/C26H30F3N3O2/c1-24(15-8-16-24)32-22(30-20-13-14-21(26(27,28)29)31-23(20)32)12-7-6-11-19(33)17-25(2,34)18-9-4-3-5-10-18/h3-5,9-10,13-14,34H,6-8,11-12,15-17H2,1-2H3. The molecule has 4 rings (SSSR count). The zero-order valence-electron chi connectivity index (χ0n) is 19.5. The lowest BCUT2D eigenvalue weighted by atomic mass is 9.78. The third-order valence-electron chi connectivity index (χ3n) is 6.88. The summed E-state index contributed by atoms with van der Waals surface area (Å²) >= 11 is 0. The largest absolute Gasteiger partial charge is 0.433 e. The molecule has 0 aliphatic heterocycles. The van der Waals surface area contributed by atoms with E-state index in [0.717, 1.165) is 25.3 Å². The van der Waals surface area contributed by atoms with Crippen molar-refractivity contribution in [2.24, 2.45) is 0 Å². The van der Waals surface area contributed by atoms with E-state index >= 15 is 0 Å². The number of pyridine rings is 1. The third kappa shape index (κ3) is 5.02. The number of carbonyl (C=O) groups excluding carboxylic acids is 1. The predicted molar refractivity (Wildman–Crippen MR) is 123 cm³/mol. The molecule has 1 aliphatic rings. The first kappa shape index (κ1) is 24.4. The number of aryl methyl sites for hydroxylation is 1. The summed E-state index contributed by atoms with van der Waals surface area (Å²) in [4.78, 5) is 21.0. The number of rotatable bonds is 9. The monoisotopic (exact) mass is 473 g/mol. The lowest BCUT2D eigenvalue weighted by Crippen LogP contribution is -2.38. The fourth-order valence-corrected chi connectivity index (χ4v) is 4.79. The van der Waals surface area contributed by atoms with Crippen LogP contribution in [-0.4, -0.2) is 25.4 Å². The summed E-state index contributed by atoms with van der Waals surface area (Å²) in [7, 11) is 0. The molecule has 34 heavy (non-hydrogen) atoms. The van der Waals surface area contributed by atoms with E-state index < -0.39 is 17.5 Å². The molecule has 2 aromatic heterocycles. The number of halogens is 3. The highest BCUT2D eigenvalue weighted by Crippen LogP contribution is 2.42. The van der Waals surface area contributed by atoms with Crippen molar-refractivity contribution in [1.82, 2.24) is 14.5 Å². The van der Waals surface area contributed by atoms with Gasteiger partial charge in [0.15, 0.2) is 5.65 Å². The molecule has 0 spiro atoms. The average Bonchev–Trinajstić information content (AvgIpc) is 3.12. The maximum atomic E-state index is 13.3. The second kappa shape index (κ2) is 9.13. The van der Waals surface area contributed by atoms with E-state index in [1.54, 1.807) is 19.1 Å². The van der Waals surface area contributed by atoms with Crippen molar-refractivity contribution < 1.29 is 23.1 Å². The van der Waals surface area contributed by atoms with Crippen molar-refractivity contribution in [3.63, 3.8) is 0 Å². The Hall–Kier alpha value is -2.74. The zero-order chi connectivity index (χ0) is 24.6. The number of ketones is 1. The highest BCUT2D eigenvalue weighted by atomic mass is 19.4. The first-order valence-electron chi connectivity index (χ1n) is 11.8. The van der Waals surface area contributed by atoms with E-state index in [-0.39, 0.29) is 23.4 Å². The van der Waals surface area contributed by atoms with Crippen LogP contribution < -0.4 is 0 Å². The number of benzene rings is 1. The number of hydrogen-bond acceptors (Lipinski definition) is 4. The van der Waals surface area contributed by atoms with Crippen LogP contribution in [0.4, 0.5) is 13.2 Å². The molecule has 182 valence electrons. The molecule has 0 bridgehead atoms. The maximum Gasteiger partial charge on any atom is 0.433 e. The quantitative estimate of drug-likeness (QED) is 0.391. The third-order valence-corrected chi connectivity index (χ3v) is 6.88. The lowest BCUT2D eigenvalue weighted by Gasteiger charge is -2.41. The minimum atomic E-state index is -4.51. The number of carbonyl (C=O) groups is 1. The Balaban J connectivity index is 1.43. The van der Waals surface area contributed by atoms with Crippen LogP contribution >= 0.6 is 0 Å². The van der Waals surface area contributed by atoms with Gasteiger partial charge < -0.3 is 9.67 Å². The van der Waals surface area contributed by atoms with Crippen molar-refractivity contribution in [2.75, 3.05) is 0 Å². The molecule has 3 aromatic rings. The van der Waals surface area contributed by atoms with Crippen LogP contribution in [0.3, 0.4) is 0 Å². The van der Waals surface area contributed by atoms with Gasteiger partial charge in [-0.3, -0.25) is 4.79 Å². The van der Waals surface area contributed by atoms with Gasteiger partial charge in [-0.05, 0) is 63.6 Å². The van der Waals surface area contributed by atoms with Crippen molar-refractivity contribution in [3.8, 4) is 0 Å². The Morgan fingerprint density at radius 1 is 1.09 bits per heavy atom. The first-order valence-corrected chi connectivity index (χ1v) is 11.8. The van der Waals surface area contributed by atoms with Gasteiger partial charge in [0.1, 0.15) is 22.8 Å². The Morgan fingerprint density at radius 2 is 1.79 bits per heavy atom. The van der Waals surface area contributed by atoms with E-state index in [1.165, 1.54) is 6.07 Å². The van der Waals surface area contributed by atoms with Crippen molar-refractivity contribution in [1.29, 1.82) is 0 Å². The fourth-order valence-electron chi connectivity index (χ4n) is 4.79. The number of imidazole rings is 1. The molecule has 0 radical (unpaired) electrons. The van der Waals surface area contributed by atoms with Crippen LogP contribution in [0, 0.1) is 0 Å². The lowest BCUT2D eigenvalue weighted by molar-refractivity contribution is -0.141. The molecule has 1 aliphatic carbocycles. The molecule has 1 N–H and O–H groups in total. The highest BCUT2D eigenvalue weighted by Gasteiger charge is 2.39. The van der Waals surface area contributed by atoms with E-state index in [9.17, 15) is 23.1 Å². The van der Waals surface area contributed by atoms with Gasteiger partial charge in [-0.2, -0.15) is 13.2 Å². The average molecular weight is 474 g/mol. The second-order valence-corrected chi connectivity index (χ2v) is 9.81. The summed E-state index contributed by atoms with van der Waals surface area (Å²) in [5.74, 6) is 0.692. The van der Waals surface area contributed by atoms with Crippen molar-refractivity contribution >= 4 is 16.9 Å². The topological polar surface area (TPSA) is 68.0 Å². The van der Waals surface area contributed by atoms with E-state index in [2.05, 4.69) is 9.97 Å².